The molecule has 6 nitrogen and oxygen atoms in total. The lowest BCUT2D eigenvalue weighted by molar-refractivity contribution is 0.102. The average molecular weight is 422 g/mol. The minimum atomic E-state index is -3.76. The van der Waals surface area contributed by atoms with E-state index in [-0.39, 0.29) is 21.4 Å². The van der Waals surface area contributed by atoms with Crippen molar-refractivity contribution >= 4 is 33.2 Å². The van der Waals surface area contributed by atoms with Crippen molar-refractivity contribution in [3.8, 4) is 0 Å². The topological polar surface area (TPSA) is 69.7 Å². The summed E-state index contributed by atoms with van der Waals surface area (Å²) in [5, 5.41) is 2.91. The van der Waals surface area contributed by atoms with E-state index in [1.165, 1.54) is 28.1 Å². The minimum Gasteiger partial charge on any atom is -0.322 e. The van der Waals surface area contributed by atoms with Gasteiger partial charge in [-0.15, -0.1) is 0 Å². The van der Waals surface area contributed by atoms with Crippen LogP contribution in [0.25, 0.3) is 0 Å². The highest BCUT2D eigenvalue weighted by Gasteiger charge is 2.30. The van der Waals surface area contributed by atoms with E-state index in [0.29, 0.717) is 31.9 Å². The Labute approximate surface area is 171 Å². The monoisotopic (exact) mass is 421 g/mol. The lowest BCUT2D eigenvalue weighted by Crippen LogP contribution is -2.47. The number of hydrogen-bond acceptors (Lipinski definition) is 4. The Balaban J connectivity index is 1.83. The zero-order chi connectivity index (χ0) is 20.3. The summed E-state index contributed by atoms with van der Waals surface area (Å²) in [6.07, 6.45) is 0.916. The summed E-state index contributed by atoms with van der Waals surface area (Å²) in [7, 11) is -1.81. The summed E-state index contributed by atoms with van der Waals surface area (Å²) >= 11 is 6.18. The van der Waals surface area contributed by atoms with E-state index >= 15 is 0 Å². The van der Waals surface area contributed by atoms with Crippen LogP contribution in [-0.2, 0) is 16.4 Å². The van der Waals surface area contributed by atoms with Gasteiger partial charge in [0.1, 0.15) is 4.90 Å². The Morgan fingerprint density at radius 1 is 1.07 bits per heavy atom. The first kappa shape index (κ1) is 20.8. The van der Waals surface area contributed by atoms with E-state index in [4.69, 9.17) is 11.6 Å². The Hall–Kier alpha value is -1.93. The first-order valence-corrected chi connectivity index (χ1v) is 11.0. The van der Waals surface area contributed by atoms with E-state index in [0.717, 1.165) is 6.42 Å². The molecule has 3 rings (SSSR count). The first-order valence-electron chi connectivity index (χ1n) is 9.20. The fraction of sp³-hybridized carbons (Fsp3) is 0.350. The third-order valence-corrected chi connectivity index (χ3v) is 7.27. The van der Waals surface area contributed by atoms with Crippen LogP contribution in [0.3, 0.4) is 0 Å². The number of sulfonamides is 1. The van der Waals surface area contributed by atoms with Crippen molar-refractivity contribution in [2.45, 2.75) is 18.2 Å². The van der Waals surface area contributed by atoms with Crippen LogP contribution in [0.5, 0.6) is 0 Å². The SMILES string of the molecule is CCc1ccc(NC(=O)c2ccc(Cl)c(S(=O)(=O)N3CCN(C)CC3)c2)cc1. The quantitative estimate of drug-likeness (QED) is 0.805. The number of aryl methyl sites for hydroxylation is 1. The van der Waals surface area contributed by atoms with Gasteiger partial charge in [-0.2, -0.15) is 4.31 Å². The number of nitrogens with zero attached hydrogens (tertiary/aromatic N) is 2. The number of piperazine rings is 1. The van der Waals surface area contributed by atoms with Crippen molar-refractivity contribution in [2.24, 2.45) is 0 Å². The van der Waals surface area contributed by atoms with Gasteiger partial charge in [0.25, 0.3) is 5.91 Å². The van der Waals surface area contributed by atoms with Crippen LogP contribution >= 0.6 is 11.6 Å². The van der Waals surface area contributed by atoms with Crippen molar-refractivity contribution in [1.29, 1.82) is 0 Å². The second kappa shape index (κ2) is 8.61. The predicted molar refractivity (Wildman–Crippen MR) is 111 cm³/mol. The van der Waals surface area contributed by atoms with Gasteiger partial charge >= 0.3 is 0 Å². The Morgan fingerprint density at radius 2 is 1.71 bits per heavy atom. The Bertz CT molecular complexity index is 953. The van der Waals surface area contributed by atoms with Gasteiger partial charge in [-0.1, -0.05) is 30.7 Å². The van der Waals surface area contributed by atoms with E-state index < -0.39 is 10.0 Å². The maximum absolute atomic E-state index is 13.0. The van der Waals surface area contributed by atoms with Gasteiger partial charge in [-0.25, -0.2) is 8.42 Å². The van der Waals surface area contributed by atoms with Crippen molar-refractivity contribution in [3.05, 3.63) is 58.6 Å². The van der Waals surface area contributed by atoms with E-state index in [1.807, 2.05) is 31.3 Å². The maximum Gasteiger partial charge on any atom is 0.255 e. The molecule has 1 aliphatic heterocycles. The molecule has 150 valence electrons. The van der Waals surface area contributed by atoms with Crippen molar-refractivity contribution < 1.29 is 13.2 Å². The summed E-state index contributed by atoms with van der Waals surface area (Å²) in [6.45, 7) is 4.17. The van der Waals surface area contributed by atoms with Crippen LogP contribution < -0.4 is 5.32 Å². The lowest BCUT2D eigenvalue weighted by Gasteiger charge is -2.31. The zero-order valence-corrected chi connectivity index (χ0v) is 17.6. The Kier molecular flexibility index (Phi) is 6.40. The highest BCUT2D eigenvalue weighted by molar-refractivity contribution is 7.89. The van der Waals surface area contributed by atoms with Gasteiger partial charge in [0, 0.05) is 37.4 Å². The molecule has 0 unspecified atom stereocenters. The number of anilines is 1. The van der Waals surface area contributed by atoms with Gasteiger partial charge < -0.3 is 10.2 Å². The molecule has 28 heavy (non-hydrogen) atoms. The molecule has 0 spiro atoms. The minimum absolute atomic E-state index is 0.0345. The second-order valence-electron chi connectivity index (χ2n) is 6.86. The molecule has 1 amide bonds. The normalized spacial score (nSPS) is 16.1. The van der Waals surface area contributed by atoms with Gasteiger partial charge in [-0.05, 0) is 49.4 Å². The predicted octanol–water partition coefficient (Wildman–Crippen LogP) is 3.09. The third kappa shape index (κ3) is 4.55. The largest absolute Gasteiger partial charge is 0.322 e. The maximum atomic E-state index is 13.0. The number of nitrogens with one attached hydrogen (secondary N) is 1. The molecule has 0 bridgehead atoms. The zero-order valence-electron chi connectivity index (χ0n) is 16.0. The number of halogens is 1. The molecule has 1 saturated heterocycles. The molecule has 2 aromatic rings. The van der Waals surface area contributed by atoms with Gasteiger partial charge in [0.05, 0.1) is 5.02 Å². The molecule has 0 saturated carbocycles. The van der Waals surface area contributed by atoms with E-state index in [9.17, 15) is 13.2 Å². The molecule has 0 aromatic heterocycles. The van der Waals surface area contributed by atoms with Crippen LogP contribution in [0.15, 0.2) is 47.4 Å². The molecular weight excluding hydrogens is 398 g/mol. The molecule has 1 fully saturated rings. The molecule has 1 N–H and O–H groups in total. The van der Waals surface area contributed by atoms with Crippen LogP contribution in [0, 0.1) is 0 Å². The summed E-state index contributed by atoms with van der Waals surface area (Å²) in [5.74, 6) is -0.379. The highest BCUT2D eigenvalue weighted by atomic mass is 35.5. The fourth-order valence-corrected chi connectivity index (χ4v) is 4.96. The number of amides is 1. The number of carbonyl (C=O) groups excluding carboxylic acids is 1. The Morgan fingerprint density at radius 3 is 2.32 bits per heavy atom. The van der Waals surface area contributed by atoms with Crippen LogP contribution in [0.4, 0.5) is 5.69 Å². The lowest BCUT2D eigenvalue weighted by atomic mass is 10.1. The fourth-order valence-electron chi connectivity index (χ4n) is 3.04. The first-order chi connectivity index (χ1) is 13.3. The van der Waals surface area contributed by atoms with Crippen LogP contribution in [-0.4, -0.2) is 56.8 Å². The number of benzene rings is 2. The summed E-state index contributed by atoms with van der Waals surface area (Å²) in [6, 6.07) is 11.9. The molecule has 1 heterocycles. The smallest absolute Gasteiger partial charge is 0.255 e. The molecule has 0 atom stereocenters. The highest BCUT2D eigenvalue weighted by Crippen LogP contribution is 2.27. The van der Waals surface area contributed by atoms with Gasteiger partial charge in [-0.3, -0.25) is 4.79 Å². The number of carbonyl (C=O) groups is 1. The van der Waals surface area contributed by atoms with Crippen molar-refractivity contribution in [3.63, 3.8) is 0 Å². The van der Waals surface area contributed by atoms with Crippen molar-refractivity contribution in [2.75, 3.05) is 38.5 Å². The second-order valence-corrected chi connectivity index (χ2v) is 9.17. The molecule has 0 radical (unpaired) electrons. The summed E-state index contributed by atoms with van der Waals surface area (Å²) in [4.78, 5) is 14.6. The van der Waals surface area contributed by atoms with Gasteiger partial charge in [0.15, 0.2) is 0 Å². The molecule has 0 aliphatic carbocycles. The summed E-state index contributed by atoms with van der Waals surface area (Å²) < 4.78 is 27.4. The van der Waals surface area contributed by atoms with Gasteiger partial charge in [0.2, 0.25) is 10.0 Å². The van der Waals surface area contributed by atoms with Crippen LogP contribution in [0.1, 0.15) is 22.8 Å². The molecular formula is C20H24ClN3O3S. The van der Waals surface area contributed by atoms with E-state index in [2.05, 4.69) is 17.1 Å². The molecule has 8 heteroatoms. The molecule has 2 aromatic carbocycles. The number of likely N-dealkylation sites (N-methyl/N-ethyl adjacent to an activating group) is 1. The van der Waals surface area contributed by atoms with Crippen molar-refractivity contribution in [1.82, 2.24) is 9.21 Å². The average Bonchev–Trinajstić information content (AvgIpc) is 2.69. The number of rotatable bonds is 5. The summed E-state index contributed by atoms with van der Waals surface area (Å²) in [5.41, 5.74) is 2.07. The third-order valence-electron chi connectivity index (χ3n) is 4.89. The molecule has 1 aliphatic rings. The van der Waals surface area contributed by atoms with Crippen LogP contribution in [0.2, 0.25) is 5.02 Å². The number of hydrogen-bond donors (Lipinski definition) is 1. The van der Waals surface area contributed by atoms with E-state index in [1.54, 1.807) is 0 Å². The standard InChI is InChI=1S/C20H24ClN3O3S/c1-3-15-4-7-17(8-5-15)22-20(25)16-6-9-18(21)19(14-16)28(26,27)24-12-10-23(2)11-13-24/h4-9,14H,3,10-13H2,1-2H3,(H,22,25).